The molecule has 0 aliphatic heterocycles. The quantitative estimate of drug-likeness (QED) is 0.605. The normalized spacial score (nSPS) is 12.4. The first-order chi connectivity index (χ1) is 6.13. The fraction of sp³-hybridized carbons (Fsp3) is 0.750. The molecule has 0 saturated heterocycles. The Balaban J connectivity index is 4.56. The largest absolute Gasteiger partial charge is 0.480 e. The number of hydrogen-bond donors (Lipinski definition) is 3. The van der Waals surface area contributed by atoms with Crippen molar-refractivity contribution in [2.24, 2.45) is 0 Å². The summed E-state index contributed by atoms with van der Waals surface area (Å²) in [5.74, 6) is -1.57. The molecule has 0 radical (unpaired) electrons. The van der Waals surface area contributed by atoms with Gasteiger partial charge in [-0.25, -0.2) is 9.63 Å². The summed E-state index contributed by atoms with van der Waals surface area (Å²) in [4.78, 5) is 24.5. The van der Waals surface area contributed by atoms with Gasteiger partial charge in [-0.2, -0.15) is 0 Å². The minimum Gasteiger partial charge on any atom is -0.480 e. The Kier molecular flexibility index (Phi) is 3.91. The Hall–Kier alpha value is -0.810. The van der Waals surface area contributed by atoms with Gasteiger partial charge < -0.3 is 10.4 Å². The molecule has 0 rings (SSSR count). The summed E-state index contributed by atoms with van der Waals surface area (Å²) in [7, 11) is 0. The highest BCUT2D eigenvalue weighted by Crippen LogP contribution is 2.08. The molecule has 0 aliphatic carbocycles. The Labute approximate surface area is 87.9 Å². The first kappa shape index (κ1) is 13.2. The van der Waals surface area contributed by atoms with Crippen molar-refractivity contribution in [2.75, 3.05) is 0 Å². The average Bonchev–Trinajstić information content (AvgIpc) is 2.03. The van der Waals surface area contributed by atoms with Gasteiger partial charge in [0.15, 0.2) is 0 Å². The number of amides is 1. The molecule has 0 atom stereocenters. The van der Waals surface area contributed by atoms with Gasteiger partial charge in [0.2, 0.25) is 5.91 Å². The molecule has 6 heteroatoms. The lowest BCUT2D eigenvalue weighted by Crippen LogP contribution is -2.58. The highest BCUT2D eigenvalue weighted by atomic mass is 35.5. The summed E-state index contributed by atoms with van der Waals surface area (Å²) in [6.07, 6.45) is 0. The second kappa shape index (κ2) is 4.14. The van der Waals surface area contributed by atoms with Gasteiger partial charge in [0.05, 0.1) is 0 Å². The lowest BCUT2D eigenvalue weighted by molar-refractivity contribution is -0.146. The number of aliphatic carboxylic acids is 1. The minimum absolute atomic E-state index is 0.472. The van der Waals surface area contributed by atoms with Gasteiger partial charge in [-0.1, -0.05) is 0 Å². The Morgan fingerprint density at radius 2 is 1.57 bits per heavy atom. The number of carboxylic acids is 1. The SMILES string of the molecule is CC(C)(NC(=O)C(C)(C)NCl)C(=O)O. The van der Waals surface area contributed by atoms with E-state index in [1.807, 2.05) is 0 Å². The third kappa shape index (κ3) is 3.16. The third-order valence-corrected chi connectivity index (χ3v) is 2.24. The van der Waals surface area contributed by atoms with Gasteiger partial charge in [0, 0.05) is 0 Å². The van der Waals surface area contributed by atoms with E-state index in [2.05, 4.69) is 10.2 Å². The number of carboxylic acid groups (broad SMARTS) is 1. The molecule has 5 nitrogen and oxygen atoms in total. The molecule has 0 saturated carbocycles. The zero-order chi connectivity index (χ0) is 11.6. The summed E-state index contributed by atoms with van der Waals surface area (Å²) >= 11 is 5.34. The first-order valence-corrected chi connectivity index (χ1v) is 4.45. The van der Waals surface area contributed by atoms with Crippen LogP contribution in [0, 0.1) is 0 Å². The first-order valence-electron chi connectivity index (χ1n) is 4.07. The predicted octanol–water partition coefficient (Wildman–Crippen LogP) is 0.488. The molecular weight excluding hydrogens is 208 g/mol. The van der Waals surface area contributed by atoms with Crippen LogP contribution in [0.5, 0.6) is 0 Å². The number of halogens is 1. The summed E-state index contributed by atoms with van der Waals surface area (Å²) < 4.78 is 0. The smallest absolute Gasteiger partial charge is 0.328 e. The van der Waals surface area contributed by atoms with Crippen LogP contribution >= 0.6 is 11.8 Å². The van der Waals surface area contributed by atoms with E-state index in [0.29, 0.717) is 0 Å². The fourth-order valence-electron chi connectivity index (χ4n) is 0.536. The van der Waals surface area contributed by atoms with Crippen molar-refractivity contribution < 1.29 is 14.7 Å². The standard InChI is InChI=1S/C8H15ClN2O3/c1-7(2,11-9)5(12)10-8(3,4)6(13)14/h11H,1-4H3,(H,10,12)(H,13,14). The molecule has 0 fully saturated rings. The second-order valence-electron chi connectivity index (χ2n) is 4.10. The van der Waals surface area contributed by atoms with Crippen LogP contribution in [0.4, 0.5) is 0 Å². The third-order valence-electron chi connectivity index (χ3n) is 1.76. The van der Waals surface area contributed by atoms with Crippen LogP contribution in [-0.2, 0) is 9.59 Å². The van der Waals surface area contributed by atoms with Gasteiger partial charge in [0.1, 0.15) is 11.1 Å². The zero-order valence-electron chi connectivity index (χ0n) is 8.64. The minimum atomic E-state index is -1.30. The monoisotopic (exact) mass is 222 g/mol. The molecule has 0 bridgehead atoms. The van der Waals surface area contributed by atoms with Gasteiger partial charge >= 0.3 is 5.97 Å². The maximum atomic E-state index is 11.5. The number of nitrogens with one attached hydrogen (secondary N) is 2. The van der Waals surface area contributed by atoms with Crippen molar-refractivity contribution in [2.45, 2.75) is 38.8 Å². The van der Waals surface area contributed by atoms with Crippen molar-refractivity contribution in [3.05, 3.63) is 0 Å². The molecular formula is C8H15ClN2O3. The van der Waals surface area contributed by atoms with Crippen molar-refractivity contribution >= 4 is 23.7 Å². The molecule has 0 heterocycles. The number of rotatable bonds is 4. The summed E-state index contributed by atoms with van der Waals surface area (Å²) in [6, 6.07) is 0. The number of hydrogen-bond acceptors (Lipinski definition) is 3. The Morgan fingerprint density at radius 3 is 1.86 bits per heavy atom. The van der Waals surface area contributed by atoms with Crippen LogP contribution in [0.1, 0.15) is 27.7 Å². The van der Waals surface area contributed by atoms with Crippen LogP contribution in [0.25, 0.3) is 0 Å². The van der Waals surface area contributed by atoms with Gasteiger partial charge in [0.25, 0.3) is 0 Å². The van der Waals surface area contributed by atoms with E-state index in [9.17, 15) is 9.59 Å². The van der Waals surface area contributed by atoms with E-state index >= 15 is 0 Å². The van der Waals surface area contributed by atoms with Crippen molar-refractivity contribution in [1.82, 2.24) is 10.2 Å². The van der Waals surface area contributed by atoms with Crippen molar-refractivity contribution in [3.8, 4) is 0 Å². The van der Waals surface area contributed by atoms with E-state index < -0.39 is 23.0 Å². The summed E-state index contributed by atoms with van der Waals surface area (Å²) in [6.45, 7) is 5.90. The van der Waals surface area contributed by atoms with E-state index in [1.165, 1.54) is 13.8 Å². The molecule has 1 amide bonds. The van der Waals surface area contributed by atoms with Gasteiger partial charge in [-0.3, -0.25) is 4.79 Å². The lowest BCUT2D eigenvalue weighted by atomic mass is 10.0. The van der Waals surface area contributed by atoms with E-state index in [4.69, 9.17) is 16.9 Å². The molecule has 0 aromatic carbocycles. The Morgan fingerprint density at radius 1 is 1.14 bits per heavy atom. The molecule has 0 spiro atoms. The molecule has 0 aliphatic rings. The maximum Gasteiger partial charge on any atom is 0.328 e. The number of carbonyl (C=O) groups is 2. The van der Waals surface area contributed by atoms with E-state index in [0.717, 1.165) is 0 Å². The molecule has 0 aromatic rings. The molecule has 82 valence electrons. The van der Waals surface area contributed by atoms with Crippen molar-refractivity contribution in [3.63, 3.8) is 0 Å². The van der Waals surface area contributed by atoms with E-state index in [-0.39, 0.29) is 0 Å². The molecule has 3 N–H and O–H groups in total. The van der Waals surface area contributed by atoms with E-state index in [1.54, 1.807) is 13.8 Å². The van der Waals surface area contributed by atoms with Crippen molar-refractivity contribution in [1.29, 1.82) is 0 Å². The number of carbonyl (C=O) groups excluding carboxylic acids is 1. The predicted molar refractivity (Wildman–Crippen MR) is 52.9 cm³/mol. The van der Waals surface area contributed by atoms with Gasteiger partial charge in [-0.15, -0.1) is 0 Å². The van der Waals surface area contributed by atoms with Crippen LogP contribution in [0.3, 0.4) is 0 Å². The molecule has 0 aromatic heterocycles. The van der Waals surface area contributed by atoms with Crippen LogP contribution < -0.4 is 10.2 Å². The summed E-state index contributed by atoms with van der Waals surface area (Å²) in [5, 5.41) is 11.1. The maximum absolute atomic E-state index is 11.5. The topological polar surface area (TPSA) is 78.4 Å². The zero-order valence-corrected chi connectivity index (χ0v) is 9.40. The fourth-order valence-corrected chi connectivity index (χ4v) is 0.622. The van der Waals surface area contributed by atoms with Crippen LogP contribution in [-0.4, -0.2) is 28.1 Å². The Bertz CT molecular complexity index is 251. The second-order valence-corrected chi connectivity index (χ2v) is 4.29. The van der Waals surface area contributed by atoms with Crippen LogP contribution in [0.2, 0.25) is 0 Å². The summed E-state index contributed by atoms with van der Waals surface area (Å²) in [5.41, 5.74) is -2.31. The van der Waals surface area contributed by atoms with Gasteiger partial charge in [-0.05, 0) is 39.5 Å². The molecule has 0 unspecified atom stereocenters. The average molecular weight is 223 g/mol. The molecule has 14 heavy (non-hydrogen) atoms. The lowest BCUT2D eigenvalue weighted by Gasteiger charge is -2.27. The highest BCUT2D eigenvalue weighted by molar-refractivity contribution is 6.15. The highest BCUT2D eigenvalue weighted by Gasteiger charge is 2.35. The van der Waals surface area contributed by atoms with Crippen LogP contribution in [0.15, 0.2) is 0 Å².